The minimum atomic E-state index is 0. The molecule has 5 aliphatic rings. The van der Waals surface area contributed by atoms with E-state index in [4.69, 9.17) is 15.0 Å². The van der Waals surface area contributed by atoms with Gasteiger partial charge in [0.1, 0.15) is 0 Å². The summed E-state index contributed by atoms with van der Waals surface area (Å²) in [7, 11) is 0. The number of allylic oxidation sites excluding steroid dienone is 4. The van der Waals surface area contributed by atoms with Gasteiger partial charge in [-0.3, -0.25) is 0 Å². The first-order valence-electron chi connectivity index (χ1n) is 10.5. The van der Waals surface area contributed by atoms with Crippen LogP contribution in [0.5, 0.6) is 0 Å². The van der Waals surface area contributed by atoms with Crippen molar-refractivity contribution in [3.8, 4) is 0 Å². The standard InChI is InChI=1S/C26H18N4.Zn/c1-2-16-4-3-15(1)25-23-13-21-9-7-19(28-21)11-17-5-6-18(27-17)12-20-8-10-22(29-20)14-24(30-23)26(16)25;/h1-2,5-16H,3-4H2;/q-2;+2. The zero-order valence-corrected chi connectivity index (χ0v) is 20.0. The van der Waals surface area contributed by atoms with Gasteiger partial charge in [0.25, 0.3) is 0 Å². The third-order valence-corrected chi connectivity index (χ3v) is 6.40. The van der Waals surface area contributed by atoms with E-state index in [2.05, 4.69) is 41.4 Å². The normalized spacial score (nSPS) is 20.6. The first-order valence-corrected chi connectivity index (χ1v) is 10.5. The number of hydrogen-bond acceptors (Lipinski definition) is 2. The van der Waals surface area contributed by atoms with Gasteiger partial charge in [0, 0.05) is 11.8 Å². The summed E-state index contributed by atoms with van der Waals surface area (Å²) in [6.07, 6.45) is 11.2. The molecule has 3 aromatic heterocycles. The van der Waals surface area contributed by atoms with E-state index in [1.54, 1.807) is 0 Å². The molecule has 0 saturated carbocycles. The zero-order valence-electron chi connectivity index (χ0n) is 17.0. The Balaban J connectivity index is 0.00000185. The van der Waals surface area contributed by atoms with Crippen molar-refractivity contribution in [3.63, 3.8) is 0 Å². The SMILES string of the molecule is C1=Cc2cc3ccc(cc4nc(cc5ccc(cc1n2)[n-]5)C1=C4C2C=CC1CC2)[n-]3.[Zn+2]. The second-order valence-electron chi connectivity index (χ2n) is 8.35. The largest absolute Gasteiger partial charge is 2.00 e. The molecule has 144 valence electrons. The molecule has 4 nitrogen and oxygen atoms in total. The second kappa shape index (κ2) is 7.00. The molecular weight excluding hydrogens is 434 g/mol. The van der Waals surface area contributed by atoms with Crippen LogP contribution < -0.4 is 9.97 Å². The Bertz CT molecular complexity index is 1360. The third-order valence-electron chi connectivity index (χ3n) is 6.40. The van der Waals surface area contributed by atoms with Crippen molar-refractivity contribution in [1.29, 1.82) is 0 Å². The van der Waals surface area contributed by atoms with Crippen LogP contribution in [0.25, 0.3) is 45.4 Å². The van der Waals surface area contributed by atoms with E-state index in [1.807, 2.05) is 36.4 Å². The van der Waals surface area contributed by atoms with Gasteiger partial charge in [0.05, 0.1) is 22.8 Å². The van der Waals surface area contributed by atoms with Crippen molar-refractivity contribution in [3.05, 3.63) is 83.5 Å². The molecule has 3 aliphatic carbocycles. The summed E-state index contributed by atoms with van der Waals surface area (Å²) in [5, 5.41) is 0. The summed E-state index contributed by atoms with van der Waals surface area (Å²) < 4.78 is 0. The molecular formula is C26H18N4Zn. The van der Waals surface area contributed by atoms with Crippen LogP contribution in [0.4, 0.5) is 0 Å². The molecule has 0 radical (unpaired) electrons. The van der Waals surface area contributed by atoms with Crippen LogP contribution >= 0.6 is 0 Å². The molecule has 8 rings (SSSR count). The van der Waals surface area contributed by atoms with Gasteiger partial charge in [-0.15, -0.1) is 22.1 Å². The van der Waals surface area contributed by atoms with Gasteiger partial charge < -0.3 is 9.97 Å². The molecule has 0 fully saturated rings. The predicted molar refractivity (Wildman–Crippen MR) is 120 cm³/mol. The van der Waals surface area contributed by atoms with E-state index < -0.39 is 0 Å². The van der Waals surface area contributed by atoms with Gasteiger partial charge >= 0.3 is 19.5 Å². The molecule has 0 amide bonds. The Hall–Kier alpha value is -3.04. The minimum absolute atomic E-state index is 0. The number of hydrogen-bond donors (Lipinski definition) is 0. The maximum atomic E-state index is 5.08. The monoisotopic (exact) mass is 450 g/mol. The second-order valence-corrected chi connectivity index (χ2v) is 8.35. The zero-order chi connectivity index (χ0) is 19.7. The summed E-state index contributed by atoms with van der Waals surface area (Å²) in [5.74, 6) is 0.911. The van der Waals surface area contributed by atoms with Gasteiger partial charge in [-0.2, -0.15) is 0 Å². The average molecular weight is 452 g/mol. The van der Waals surface area contributed by atoms with E-state index in [1.165, 1.54) is 24.0 Å². The molecule has 3 aromatic rings. The predicted octanol–water partition coefficient (Wildman–Crippen LogP) is 5.25. The maximum Gasteiger partial charge on any atom is 2.00 e. The van der Waals surface area contributed by atoms with E-state index in [-0.39, 0.29) is 19.5 Å². The number of rotatable bonds is 0. The third kappa shape index (κ3) is 3.07. The molecule has 0 aromatic carbocycles. The molecule has 2 atom stereocenters. The van der Waals surface area contributed by atoms with E-state index in [0.29, 0.717) is 11.8 Å². The quantitative estimate of drug-likeness (QED) is 0.271. The smallest absolute Gasteiger partial charge is 0.658 e. The topological polar surface area (TPSA) is 54.0 Å². The summed E-state index contributed by atoms with van der Waals surface area (Å²) in [6, 6.07) is 16.5. The summed E-state index contributed by atoms with van der Waals surface area (Å²) >= 11 is 0. The first kappa shape index (κ1) is 18.7. The maximum absolute atomic E-state index is 5.08. The molecule has 2 unspecified atom stereocenters. The van der Waals surface area contributed by atoms with Crippen molar-refractivity contribution >= 4 is 45.4 Å². The summed E-state index contributed by atoms with van der Waals surface area (Å²) in [4.78, 5) is 19.3. The fourth-order valence-corrected chi connectivity index (χ4v) is 5.08. The first-order chi connectivity index (χ1) is 14.8. The van der Waals surface area contributed by atoms with E-state index in [9.17, 15) is 0 Å². The molecule has 0 N–H and O–H groups in total. The Morgan fingerprint density at radius 3 is 1.52 bits per heavy atom. The van der Waals surface area contributed by atoms with Crippen LogP contribution in [0.1, 0.15) is 35.6 Å². The van der Waals surface area contributed by atoms with Crippen molar-refractivity contribution in [2.24, 2.45) is 11.8 Å². The van der Waals surface area contributed by atoms with E-state index >= 15 is 0 Å². The van der Waals surface area contributed by atoms with Gasteiger partial charge in [0.15, 0.2) is 0 Å². The molecule has 5 heterocycles. The van der Waals surface area contributed by atoms with Crippen LogP contribution in [0.2, 0.25) is 0 Å². The summed E-state index contributed by atoms with van der Waals surface area (Å²) in [6.45, 7) is 0. The van der Waals surface area contributed by atoms with Crippen LogP contribution in [0, 0.1) is 11.8 Å². The Morgan fingerprint density at radius 1 is 0.613 bits per heavy atom. The Morgan fingerprint density at radius 2 is 1.06 bits per heavy atom. The molecule has 2 aliphatic heterocycles. The molecule has 10 bridgehead atoms. The van der Waals surface area contributed by atoms with Crippen LogP contribution in [-0.4, -0.2) is 9.97 Å². The average Bonchev–Trinajstić information content (AvgIpc) is 3.54. The Labute approximate surface area is 192 Å². The van der Waals surface area contributed by atoms with Gasteiger partial charge in [-0.05, 0) is 36.1 Å². The van der Waals surface area contributed by atoms with Crippen molar-refractivity contribution < 1.29 is 19.5 Å². The molecule has 31 heavy (non-hydrogen) atoms. The van der Waals surface area contributed by atoms with Crippen LogP contribution in [0.3, 0.4) is 0 Å². The van der Waals surface area contributed by atoms with Gasteiger partial charge in [-0.25, -0.2) is 9.97 Å². The molecule has 5 heteroatoms. The van der Waals surface area contributed by atoms with Gasteiger partial charge in [-0.1, -0.05) is 60.7 Å². The van der Waals surface area contributed by atoms with Crippen molar-refractivity contribution in [2.45, 2.75) is 12.8 Å². The van der Waals surface area contributed by atoms with Gasteiger partial charge in [0.2, 0.25) is 0 Å². The summed E-state index contributed by atoms with van der Waals surface area (Å²) in [5.41, 5.74) is 10.4. The van der Waals surface area contributed by atoms with Crippen LogP contribution in [0.15, 0.2) is 60.7 Å². The number of fused-ring (bicyclic) bond motifs is 9. The van der Waals surface area contributed by atoms with E-state index in [0.717, 1.165) is 44.8 Å². The van der Waals surface area contributed by atoms with Crippen molar-refractivity contribution in [1.82, 2.24) is 19.9 Å². The van der Waals surface area contributed by atoms with Crippen molar-refractivity contribution in [2.75, 3.05) is 0 Å². The molecule has 0 spiro atoms. The molecule has 0 saturated heterocycles. The Kier molecular flexibility index (Phi) is 4.22. The number of nitrogens with zero attached hydrogens (tertiary/aromatic N) is 4. The minimum Gasteiger partial charge on any atom is -0.658 e. The number of aromatic nitrogens is 4. The fourth-order valence-electron chi connectivity index (χ4n) is 5.08. The van der Waals surface area contributed by atoms with Crippen LogP contribution in [-0.2, 0) is 19.5 Å². The fraction of sp³-hybridized carbons (Fsp3) is 0.154.